The van der Waals surface area contributed by atoms with Crippen LogP contribution in [0.2, 0.25) is 0 Å². The molecule has 138 valence electrons. The molecule has 1 N–H and O–H groups in total. The Bertz CT molecular complexity index is 777. The smallest absolute Gasteiger partial charge is 0.269 e. The fourth-order valence-electron chi connectivity index (χ4n) is 2.57. The van der Waals surface area contributed by atoms with Crippen molar-refractivity contribution in [1.82, 2.24) is 10.2 Å². The number of benzene rings is 2. The van der Waals surface area contributed by atoms with E-state index in [-0.39, 0.29) is 5.69 Å². The maximum absolute atomic E-state index is 10.9. The van der Waals surface area contributed by atoms with E-state index < -0.39 is 4.92 Å². The van der Waals surface area contributed by atoms with Crippen LogP contribution in [0.4, 0.5) is 5.69 Å². The molecule has 26 heavy (non-hydrogen) atoms. The molecule has 2 rings (SSSR count). The van der Waals surface area contributed by atoms with Crippen molar-refractivity contribution in [3.05, 3.63) is 69.8 Å². The van der Waals surface area contributed by atoms with Gasteiger partial charge in [0.05, 0.1) is 18.6 Å². The summed E-state index contributed by atoms with van der Waals surface area (Å²) >= 11 is 0. The van der Waals surface area contributed by atoms with Crippen molar-refractivity contribution in [2.24, 2.45) is 4.99 Å². The third-order valence-electron chi connectivity index (χ3n) is 3.83. The number of non-ortho nitro benzene ring substituents is 1. The van der Waals surface area contributed by atoms with Gasteiger partial charge in [0.1, 0.15) is 5.75 Å². The second kappa shape index (κ2) is 9.41. The van der Waals surface area contributed by atoms with Gasteiger partial charge >= 0.3 is 0 Å². The van der Waals surface area contributed by atoms with Crippen LogP contribution in [-0.4, -0.2) is 36.5 Å². The molecule has 2 aromatic carbocycles. The normalized spacial score (nSPS) is 11.1. The third kappa shape index (κ3) is 5.20. The van der Waals surface area contributed by atoms with Gasteiger partial charge < -0.3 is 15.0 Å². The quantitative estimate of drug-likeness (QED) is 0.357. The van der Waals surface area contributed by atoms with E-state index in [1.54, 1.807) is 19.2 Å². The van der Waals surface area contributed by atoms with Gasteiger partial charge in [-0.05, 0) is 18.6 Å². The average Bonchev–Trinajstić information content (AvgIpc) is 2.65. The number of hydrogen-bond donors (Lipinski definition) is 1. The second-order valence-electron chi connectivity index (χ2n) is 5.77. The number of hydrogen-bond acceptors (Lipinski definition) is 4. The lowest BCUT2D eigenvalue weighted by atomic mass is 10.2. The third-order valence-corrected chi connectivity index (χ3v) is 3.83. The maximum Gasteiger partial charge on any atom is 0.269 e. The summed E-state index contributed by atoms with van der Waals surface area (Å²) in [5, 5.41) is 14.2. The van der Waals surface area contributed by atoms with Crippen LogP contribution in [0.25, 0.3) is 0 Å². The SMILES string of the molecule is CCNC(=NCc1cccc([N+](=O)[O-])c1)N(C)Cc1ccccc1OC. The summed E-state index contributed by atoms with van der Waals surface area (Å²) in [6.45, 7) is 3.72. The highest BCUT2D eigenvalue weighted by Crippen LogP contribution is 2.19. The molecule has 7 heteroatoms. The molecule has 0 heterocycles. The molecule has 7 nitrogen and oxygen atoms in total. The molecule has 0 atom stereocenters. The molecule has 0 saturated heterocycles. The van der Waals surface area contributed by atoms with Crippen molar-refractivity contribution in [2.45, 2.75) is 20.0 Å². The Labute approximate surface area is 153 Å². The second-order valence-corrected chi connectivity index (χ2v) is 5.77. The molecular weight excluding hydrogens is 332 g/mol. The highest BCUT2D eigenvalue weighted by atomic mass is 16.6. The summed E-state index contributed by atoms with van der Waals surface area (Å²) in [6.07, 6.45) is 0. The largest absolute Gasteiger partial charge is 0.496 e. The van der Waals surface area contributed by atoms with Gasteiger partial charge in [-0.15, -0.1) is 0 Å². The maximum atomic E-state index is 10.9. The molecule has 0 fully saturated rings. The molecule has 0 amide bonds. The van der Waals surface area contributed by atoms with Gasteiger partial charge in [-0.3, -0.25) is 10.1 Å². The van der Waals surface area contributed by atoms with Crippen LogP contribution in [0.5, 0.6) is 5.75 Å². The molecular formula is C19H24N4O3. The minimum absolute atomic E-state index is 0.0741. The fourth-order valence-corrected chi connectivity index (χ4v) is 2.57. The number of ether oxygens (including phenoxy) is 1. The first-order chi connectivity index (χ1) is 12.5. The van der Waals surface area contributed by atoms with Gasteiger partial charge in [-0.25, -0.2) is 4.99 Å². The van der Waals surface area contributed by atoms with E-state index in [0.29, 0.717) is 13.1 Å². The van der Waals surface area contributed by atoms with Crippen molar-refractivity contribution in [1.29, 1.82) is 0 Å². The van der Waals surface area contributed by atoms with Gasteiger partial charge in [0.15, 0.2) is 5.96 Å². The van der Waals surface area contributed by atoms with E-state index in [9.17, 15) is 10.1 Å². The lowest BCUT2D eigenvalue weighted by Gasteiger charge is -2.23. The Morgan fingerprint density at radius 3 is 2.73 bits per heavy atom. The molecule has 0 spiro atoms. The molecule has 0 bridgehead atoms. The van der Waals surface area contributed by atoms with Gasteiger partial charge in [0, 0.05) is 37.8 Å². The van der Waals surface area contributed by atoms with Crippen LogP contribution in [-0.2, 0) is 13.1 Å². The first-order valence-electron chi connectivity index (χ1n) is 8.39. The lowest BCUT2D eigenvalue weighted by molar-refractivity contribution is -0.384. The Hall–Kier alpha value is -3.09. The Balaban J connectivity index is 2.15. The van der Waals surface area contributed by atoms with Crippen molar-refractivity contribution in [3.8, 4) is 5.75 Å². The Morgan fingerprint density at radius 1 is 1.27 bits per heavy atom. The first kappa shape index (κ1) is 19.2. The molecule has 0 aliphatic rings. The van der Waals surface area contributed by atoms with Crippen LogP contribution >= 0.6 is 0 Å². The number of nitrogens with zero attached hydrogens (tertiary/aromatic N) is 3. The van der Waals surface area contributed by atoms with E-state index in [2.05, 4.69) is 10.3 Å². The van der Waals surface area contributed by atoms with Crippen LogP contribution in [0.3, 0.4) is 0 Å². The number of guanidine groups is 1. The predicted octanol–water partition coefficient (Wildman–Crippen LogP) is 3.20. The number of para-hydroxylation sites is 1. The van der Waals surface area contributed by atoms with Gasteiger partial charge in [0.25, 0.3) is 5.69 Å². The average molecular weight is 356 g/mol. The van der Waals surface area contributed by atoms with E-state index >= 15 is 0 Å². The Kier molecular flexibility index (Phi) is 6.96. The van der Waals surface area contributed by atoms with E-state index in [1.165, 1.54) is 6.07 Å². The Morgan fingerprint density at radius 2 is 2.04 bits per heavy atom. The summed E-state index contributed by atoms with van der Waals surface area (Å²) in [5.74, 6) is 1.55. The monoisotopic (exact) mass is 356 g/mol. The zero-order chi connectivity index (χ0) is 18.9. The van der Waals surface area contributed by atoms with Crippen LogP contribution in [0.15, 0.2) is 53.5 Å². The molecule has 0 aliphatic heterocycles. The van der Waals surface area contributed by atoms with Crippen molar-refractivity contribution in [2.75, 3.05) is 20.7 Å². The number of rotatable bonds is 7. The number of aliphatic imine (C=N–C) groups is 1. The van der Waals surface area contributed by atoms with Crippen LogP contribution in [0.1, 0.15) is 18.1 Å². The summed E-state index contributed by atoms with van der Waals surface area (Å²) in [5.41, 5.74) is 1.92. The summed E-state index contributed by atoms with van der Waals surface area (Å²) in [4.78, 5) is 17.1. The summed E-state index contributed by atoms with van der Waals surface area (Å²) < 4.78 is 5.40. The number of nitro groups is 1. The predicted molar refractivity (Wildman–Crippen MR) is 102 cm³/mol. The molecule has 0 radical (unpaired) electrons. The van der Waals surface area contributed by atoms with Gasteiger partial charge in [-0.2, -0.15) is 0 Å². The highest BCUT2D eigenvalue weighted by molar-refractivity contribution is 5.79. The number of nitrogens with one attached hydrogen (secondary N) is 1. The number of nitro benzene ring substituents is 1. The zero-order valence-corrected chi connectivity index (χ0v) is 15.3. The molecule has 2 aromatic rings. The van der Waals surface area contributed by atoms with E-state index in [0.717, 1.165) is 29.4 Å². The van der Waals surface area contributed by atoms with Crippen molar-refractivity contribution >= 4 is 11.6 Å². The number of methoxy groups -OCH3 is 1. The van der Waals surface area contributed by atoms with Crippen LogP contribution in [0, 0.1) is 10.1 Å². The topological polar surface area (TPSA) is 80.0 Å². The van der Waals surface area contributed by atoms with Crippen LogP contribution < -0.4 is 10.1 Å². The standard InChI is InChI=1S/C19H24N4O3/c1-4-20-19(21-13-15-8-7-10-17(12-15)23(24)25)22(2)14-16-9-5-6-11-18(16)26-3/h5-12H,4,13-14H2,1-3H3,(H,20,21). The molecule has 0 unspecified atom stereocenters. The highest BCUT2D eigenvalue weighted by Gasteiger charge is 2.10. The first-order valence-corrected chi connectivity index (χ1v) is 8.39. The van der Waals surface area contributed by atoms with Crippen molar-refractivity contribution < 1.29 is 9.66 Å². The summed E-state index contributed by atoms with van der Waals surface area (Å²) in [7, 11) is 3.60. The van der Waals surface area contributed by atoms with Gasteiger partial charge in [0.2, 0.25) is 0 Å². The van der Waals surface area contributed by atoms with Crippen molar-refractivity contribution in [3.63, 3.8) is 0 Å². The summed E-state index contributed by atoms with van der Waals surface area (Å²) in [6, 6.07) is 14.4. The molecule has 0 saturated carbocycles. The van der Waals surface area contributed by atoms with E-state index in [1.807, 2.05) is 49.2 Å². The fraction of sp³-hybridized carbons (Fsp3) is 0.316. The lowest BCUT2D eigenvalue weighted by Crippen LogP contribution is -2.38. The molecule has 0 aliphatic carbocycles. The minimum Gasteiger partial charge on any atom is -0.496 e. The minimum atomic E-state index is -0.397. The molecule has 0 aromatic heterocycles. The van der Waals surface area contributed by atoms with E-state index in [4.69, 9.17) is 4.74 Å². The van der Waals surface area contributed by atoms with Gasteiger partial charge in [-0.1, -0.05) is 30.3 Å². The zero-order valence-electron chi connectivity index (χ0n) is 15.3.